The van der Waals surface area contributed by atoms with Gasteiger partial charge in [0.05, 0.1) is 11.3 Å². The Bertz CT molecular complexity index is 405. The lowest BCUT2D eigenvalue weighted by Crippen LogP contribution is -2.20. The summed E-state index contributed by atoms with van der Waals surface area (Å²) in [5, 5.41) is 5.43. The molecule has 1 aromatic carbocycles. The molecule has 15 heavy (non-hydrogen) atoms. The van der Waals surface area contributed by atoms with Gasteiger partial charge >= 0.3 is 0 Å². The molecule has 2 N–H and O–H groups in total. The lowest BCUT2D eigenvalue weighted by molar-refractivity contribution is -0.105. The molecule has 0 aliphatic heterocycles. The summed E-state index contributed by atoms with van der Waals surface area (Å²) in [6.07, 6.45) is 0.530. The van der Waals surface area contributed by atoms with E-state index >= 15 is 0 Å². The zero-order valence-corrected chi connectivity index (χ0v) is 9.18. The van der Waals surface area contributed by atoms with E-state index in [1.807, 2.05) is 0 Å². The van der Waals surface area contributed by atoms with Gasteiger partial charge in [-0.3, -0.25) is 9.59 Å². The zero-order valence-electron chi connectivity index (χ0n) is 8.43. The van der Waals surface area contributed by atoms with Gasteiger partial charge in [0, 0.05) is 12.1 Å². The first-order valence-corrected chi connectivity index (χ1v) is 4.70. The maximum Gasteiger partial charge on any atom is 0.253 e. The molecule has 0 saturated heterocycles. The average molecular weight is 227 g/mol. The molecule has 4 nitrogen and oxygen atoms in total. The van der Waals surface area contributed by atoms with Gasteiger partial charge in [-0.1, -0.05) is 11.6 Å². The van der Waals surface area contributed by atoms with E-state index in [4.69, 9.17) is 11.6 Å². The van der Waals surface area contributed by atoms with Gasteiger partial charge in [-0.15, -0.1) is 0 Å². The molecule has 2 amide bonds. The summed E-state index contributed by atoms with van der Waals surface area (Å²) in [7, 11) is 1.52. The monoisotopic (exact) mass is 226 g/mol. The van der Waals surface area contributed by atoms with E-state index < -0.39 is 0 Å². The molecule has 0 fully saturated rings. The molecule has 0 spiro atoms. The van der Waals surface area contributed by atoms with Crippen LogP contribution in [-0.2, 0) is 4.79 Å². The van der Waals surface area contributed by atoms with Crippen LogP contribution in [0.25, 0.3) is 0 Å². The van der Waals surface area contributed by atoms with Crippen LogP contribution in [0.3, 0.4) is 0 Å². The van der Waals surface area contributed by atoms with Crippen LogP contribution in [0.1, 0.15) is 15.9 Å². The molecule has 0 heterocycles. The first-order valence-electron chi connectivity index (χ1n) is 4.32. The van der Waals surface area contributed by atoms with Crippen molar-refractivity contribution in [1.29, 1.82) is 0 Å². The van der Waals surface area contributed by atoms with Gasteiger partial charge in [0.2, 0.25) is 6.41 Å². The molecule has 80 valence electrons. The molecule has 0 unspecified atom stereocenters. The minimum absolute atomic E-state index is 0.287. The van der Waals surface area contributed by atoms with Gasteiger partial charge in [0.25, 0.3) is 5.91 Å². The smallest absolute Gasteiger partial charge is 0.253 e. The number of hydrogen-bond acceptors (Lipinski definition) is 2. The topological polar surface area (TPSA) is 58.2 Å². The van der Waals surface area contributed by atoms with E-state index in [0.29, 0.717) is 22.7 Å². The van der Waals surface area contributed by atoms with Crippen molar-refractivity contribution in [3.63, 3.8) is 0 Å². The fraction of sp³-hybridized carbons (Fsp3) is 0.200. The second-order valence-electron chi connectivity index (χ2n) is 2.99. The fourth-order valence-corrected chi connectivity index (χ4v) is 1.58. The molecule has 1 rings (SSSR count). The predicted octanol–water partition coefficient (Wildman–Crippen LogP) is 1.58. The van der Waals surface area contributed by atoms with E-state index in [0.717, 1.165) is 5.56 Å². The number of halogens is 1. The second kappa shape index (κ2) is 4.79. The van der Waals surface area contributed by atoms with Crippen LogP contribution < -0.4 is 10.6 Å². The molecule has 0 radical (unpaired) electrons. The average Bonchev–Trinajstić information content (AvgIpc) is 2.20. The van der Waals surface area contributed by atoms with Crippen molar-refractivity contribution in [2.24, 2.45) is 0 Å². The Hall–Kier alpha value is -1.55. The van der Waals surface area contributed by atoms with Crippen molar-refractivity contribution in [3.05, 3.63) is 28.3 Å². The normalized spacial score (nSPS) is 9.53. The van der Waals surface area contributed by atoms with Crippen molar-refractivity contribution in [3.8, 4) is 0 Å². The Morgan fingerprint density at radius 2 is 2.13 bits per heavy atom. The molecular formula is C10H11ClN2O2. The van der Waals surface area contributed by atoms with Gasteiger partial charge in [0.1, 0.15) is 0 Å². The number of nitrogens with one attached hydrogen (secondary N) is 2. The van der Waals surface area contributed by atoms with Gasteiger partial charge in [-0.2, -0.15) is 0 Å². The third kappa shape index (κ3) is 2.47. The van der Waals surface area contributed by atoms with E-state index in [-0.39, 0.29) is 5.91 Å². The van der Waals surface area contributed by atoms with E-state index in [2.05, 4.69) is 10.6 Å². The largest absolute Gasteiger partial charge is 0.355 e. The highest BCUT2D eigenvalue weighted by Gasteiger charge is 2.13. The minimum Gasteiger partial charge on any atom is -0.355 e. The van der Waals surface area contributed by atoms with Gasteiger partial charge in [-0.05, 0) is 24.6 Å². The summed E-state index contributed by atoms with van der Waals surface area (Å²) >= 11 is 5.83. The third-order valence-electron chi connectivity index (χ3n) is 1.98. The molecule has 0 aliphatic rings. The summed E-state index contributed by atoms with van der Waals surface area (Å²) < 4.78 is 0. The Labute approximate surface area is 92.6 Å². The van der Waals surface area contributed by atoms with Crippen LogP contribution >= 0.6 is 11.6 Å². The summed E-state index contributed by atoms with van der Waals surface area (Å²) in [5.41, 5.74) is 1.58. The van der Waals surface area contributed by atoms with Crippen LogP contribution in [0.15, 0.2) is 12.1 Å². The number of carbonyl (C=O) groups is 2. The van der Waals surface area contributed by atoms with Crippen LogP contribution in [-0.4, -0.2) is 19.4 Å². The SMILES string of the molecule is CNC(=O)c1cc(Cl)cc(C)c1NC=O. The number of carbonyl (C=O) groups excluding carboxylic acids is 2. The standard InChI is InChI=1S/C10H11ClN2O2/c1-6-3-7(11)4-8(10(15)12-2)9(6)13-5-14/h3-5H,1-2H3,(H,12,15)(H,13,14). The first kappa shape index (κ1) is 11.5. The minimum atomic E-state index is -0.287. The van der Waals surface area contributed by atoms with E-state index in [1.54, 1.807) is 13.0 Å². The number of hydrogen-bond donors (Lipinski definition) is 2. The van der Waals surface area contributed by atoms with Crippen molar-refractivity contribution in [2.75, 3.05) is 12.4 Å². The Kier molecular flexibility index (Phi) is 3.68. The van der Waals surface area contributed by atoms with Crippen molar-refractivity contribution >= 4 is 29.6 Å². The molecule has 0 saturated carbocycles. The highest BCUT2D eigenvalue weighted by molar-refractivity contribution is 6.31. The van der Waals surface area contributed by atoms with Gasteiger partial charge in [0.15, 0.2) is 0 Å². The highest BCUT2D eigenvalue weighted by atomic mass is 35.5. The van der Waals surface area contributed by atoms with E-state index in [9.17, 15) is 9.59 Å². The maximum atomic E-state index is 11.5. The molecule has 5 heteroatoms. The fourth-order valence-electron chi connectivity index (χ4n) is 1.31. The summed E-state index contributed by atoms with van der Waals surface area (Å²) in [4.78, 5) is 21.9. The summed E-state index contributed by atoms with van der Waals surface area (Å²) in [6.45, 7) is 1.77. The van der Waals surface area contributed by atoms with Crippen LogP contribution in [0.4, 0.5) is 5.69 Å². The zero-order chi connectivity index (χ0) is 11.4. The predicted molar refractivity (Wildman–Crippen MR) is 59.3 cm³/mol. The number of amides is 2. The first-order chi connectivity index (χ1) is 7.10. The molecular weight excluding hydrogens is 216 g/mol. The van der Waals surface area contributed by atoms with E-state index in [1.165, 1.54) is 13.1 Å². The summed E-state index contributed by atoms with van der Waals surface area (Å²) in [6, 6.07) is 3.19. The number of anilines is 1. The molecule has 0 atom stereocenters. The van der Waals surface area contributed by atoms with Crippen LogP contribution in [0.2, 0.25) is 5.02 Å². The summed E-state index contributed by atoms with van der Waals surface area (Å²) in [5.74, 6) is -0.287. The third-order valence-corrected chi connectivity index (χ3v) is 2.19. The number of aryl methyl sites for hydroxylation is 1. The van der Waals surface area contributed by atoms with Crippen molar-refractivity contribution in [1.82, 2.24) is 5.32 Å². The Morgan fingerprint density at radius 1 is 1.47 bits per heavy atom. The van der Waals surface area contributed by atoms with Gasteiger partial charge < -0.3 is 10.6 Å². The highest BCUT2D eigenvalue weighted by Crippen LogP contribution is 2.25. The van der Waals surface area contributed by atoms with Crippen LogP contribution in [0, 0.1) is 6.92 Å². The maximum absolute atomic E-state index is 11.5. The molecule has 0 bridgehead atoms. The molecule has 0 aliphatic carbocycles. The molecule has 1 aromatic rings. The number of rotatable bonds is 3. The van der Waals surface area contributed by atoms with Crippen LogP contribution in [0.5, 0.6) is 0 Å². The van der Waals surface area contributed by atoms with Crippen molar-refractivity contribution < 1.29 is 9.59 Å². The second-order valence-corrected chi connectivity index (χ2v) is 3.42. The molecule has 0 aromatic heterocycles. The Morgan fingerprint density at radius 3 is 2.67 bits per heavy atom. The Balaban J connectivity index is 3.32. The quantitative estimate of drug-likeness (QED) is 0.769. The lowest BCUT2D eigenvalue weighted by atomic mass is 10.1. The lowest BCUT2D eigenvalue weighted by Gasteiger charge is -2.10. The van der Waals surface area contributed by atoms with Gasteiger partial charge in [-0.25, -0.2) is 0 Å². The number of benzene rings is 1. The van der Waals surface area contributed by atoms with Crippen molar-refractivity contribution in [2.45, 2.75) is 6.92 Å².